The van der Waals surface area contributed by atoms with E-state index >= 15 is 0 Å². The number of hydrogen-bond acceptors (Lipinski definition) is 4. The fraction of sp³-hybridized carbons (Fsp3) is 0.188. The summed E-state index contributed by atoms with van der Waals surface area (Å²) < 4.78 is 36.4. The van der Waals surface area contributed by atoms with Crippen LogP contribution in [0.3, 0.4) is 0 Å². The monoisotopic (exact) mass is 395 g/mol. The molecule has 1 amide bonds. The number of aryl methyl sites for hydroxylation is 1. The van der Waals surface area contributed by atoms with E-state index in [9.17, 15) is 21.8 Å². The van der Waals surface area contributed by atoms with E-state index in [0.717, 1.165) is 0 Å². The van der Waals surface area contributed by atoms with Crippen molar-refractivity contribution in [3.8, 4) is 22.6 Å². The minimum atomic E-state index is -5.48. The van der Waals surface area contributed by atoms with Crippen molar-refractivity contribution in [1.82, 2.24) is 0 Å². The van der Waals surface area contributed by atoms with Gasteiger partial charge in [-0.15, -0.1) is 0 Å². The molecule has 0 fully saturated rings. The fourth-order valence-corrected chi connectivity index (χ4v) is 4.40. The number of aromatic hydroxyl groups is 1. The third kappa shape index (κ3) is 3.64. The molecule has 8 heteroatoms. The zero-order valence-electron chi connectivity index (χ0n) is 13.4. The van der Waals surface area contributed by atoms with Crippen molar-refractivity contribution in [1.29, 1.82) is 0 Å². The summed E-state index contributed by atoms with van der Waals surface area (Å²) in [4.78, 5) is 11.4. The number of carbonyl (C=O) groups is 1. The first-order chi connectivity index (χ1) is 11.1. The van der Waals surface area contributed by atoms with Crippen LogP contribution in [0, 0.1) is 6.92 Å². The average Bonchev–Trinajstić information content (AvgIpc) is 2.50. The van der Waals surface area contributed by atoms with Gasteiger partial charge in [-0.1, -0.05) is 0 Å². The minimum absolute atomic E-state index is 0.249. The second-order valence-electron chi connectivity index (χ2n) is 5.27. The molecule has 2 rings (SSSR count). The van der Waals surface area contributed by atoms with E-state index in [2.05, 4.69) is 5.32 Å². The molecule has 2 aromatic rings. The average molecular weight is 395 g/mol. The van der Waals surface area contributed by atoms with Crippen molar-refractivity contribution >= 4 is 30.1 Å². The third-order valence-corrected chi connectivity index (χ3v) is 5.65. The zero-order chi connectivity index (χ0) is 18.1. The molecule has 0 aliphatic rings. The fourth-order valence-electron chi connectivity index (χ4n) is 2.38. The summed E-state index contributed by atoms with van der Waals surface area (Å²) in [6, 6.07) is 8.10. The van der Waals surface area contributed by atoms with Crippen LogP contribution in [0.15, 0.2) is 30.3 Å². The molecule has 0 radical (unpaired) electrons. The van der Waals surface area contributed by atoms with Gasteiger partial charge in [0, 0.05) is 0 Å². The van der Waals surface area contributed by atoms with Gasteiger partial charge in [-0.05, 0) is 0 Å². The molecule has 2 aromatic carbocycles. The zero-order valence-corrected chi connectivity index (χ0v) is 15.3. The van der Waals surface area contributed by atoms with Crippen molar-refractivity contribution in [2.45, 2.75) is 13.8 Å². The Bertz CT molecular complexity index is 825. The number of methoxy groups -OCH3 is 1. The Kier molecular flexibility index (Phi) is 5.08. The summed E-state index contributed by atoms with van der Waals surface area (Å²) in [5.74, 6) is -0.302. The van der Waals surface area contributed by atoms with Crippen molar-refractivity contribution in [2.75, 3.05) is 12.4 Å². The molecular formula is C16H18AsNO6. The van der Waals surface area contributed by atoms with E-state index in [-0.39, 0.29) is 21.4 Å². The number of ether oxygens (including phenoxy) is 1. The molecule has 7 nitrogen and oxygen atoms in total. The van der Waals surface area contributed by atoms with Gasteiger partial charge in [0.15, 0.2) is 0 Å². The molecule has 0 saturated heterocycles. The van der Waals surface area contributed by atoms with Crippen LogP contribution in [0.4, 0.5) is 5.69 Å². The molecule has 0 aromatic heterocycles. The molecule has 0 atom stereocenters. The molecule has 0 aliphatic carbocycles. The van der Waals surface area contributed by atoms with Gasteiger partial charge in [-0.3, -0.25) is 0 Å². The second kappa shape index (κ2) is 6.73. The van der Waals surface area contributed by atoms with Crippen LogP contribution in [0.2, 0.25) is 0 Å². The Hall–Kier alpha value is -2.21. The molecule has 0 unspecified atom stereocenters. The summed E-state index contributed by atoms with van der Waals surface area (Å²) in [7, 11) is 1.51. The van der Waals surface area contributed by atoms with E-state index in [1.807, 2.05) is 0 Å². The maximum absolute atomic E-state index is 12.1. The maximum atomic E-state index is 12.1. The number of benzene rings is 2. The quantitative estimate of drug-likeness (QED) is 0.452. The molecule has 4 N–H and O–H groups in total. The second-order valence-corrected chi connectivity index (χ2v) is 8.49. The van der Waals surface area contributed by atoms with E-state index in [1.165, 1.54) is 20.1 Å². The molecule has 0 heterocycles. The number of phenolic OH excluding ortho intramolecular Hbond substituents is 1. The number of hydrogen-bond donors (Lipinski definition) is 4. The van der Waals surface area contributed by atoms with Crippen LogP contribution < -0.4 is 14.4 Å². The molecule has 24 heavy (non-hydrogen) atoms. The van der Waals surface area contributed by atoms with Gasteiger partial charge < -0.3 is 0 Å². The number of phenols is 1. The molecule has 128 valence electrons. The van der Waals surface area contributed by atoms with Crippen LogP contribution in [0.25, 0.3) is 11.1 Å². The van der Waals surface area contributed by atoms with E-state index in [4.69, 9.17) is 4.74 Å². The van der Waals surface area contributed by atoms with Crippen LogP contribution in [0.1, 0.15) is 12.5 Å². The van der Waals surface area contributed by atoms with Crippen LogP contribution in [-0.2, 0) is 8.53 Å². The van der Waals surface area contributed by atoms with Crippen molar-refractivity contribution in [3.63, 3.8) is 0 Å². The van der Waals surface area contributed by atoms with Gasteiger partial charge >= 0.3 is 141 Å². The topological polar surface area (TPSA) is 116 Å². The number of carbonyl (C=O) groups excluding carboxylic acids is 1. The third-order valence-electron chi connectivity index (χ3n) is 3.46. The van der Waals surface area contributed by atoms with Gasteiger partial charge in [0.1, 0.15) is 0 Å². The van der Waals surface area contributed by atoms with Crippen LogP contribution in [0.5, 0.6) is 11.5 Å². The summed E-state index contributed by atoms with van der Waals surface area (Å²) in [6.45, 7) is 2.79. The SMILES string of the molecule is COc1ccc(-c2cc(C)c(O)c(NC(C)=O)c2[As](=O)(O)O)cc1. The van der Waals surface area contributed by atoms with Crippen LogP contribution in [-0.4, -0.2) is 40.5 Å². The van der Waals surface area contributed by atoms with Crippen molar-refractivity contribution in [2.24, 2.45) is 0 Å². The van der Waals surface area contributed by atoms with Crippen LogP contribution >= 0.6 is 0 Å². The molecular weight excluding hydrogens is 377 g/mol. The Morgan fingerprint density at radius 2 is 1.79 bits per heavy atom. The first-order valence-electron chi connectivity index (χ1n) is 7.00. The Morgan fingerprint density at radius 3 is 2.25 bits per heavy atom. The molecule has 0 saturated carbocycles. The van der Waals surface area contributed by atoms with Gasteiger partial charge in [0.05, 0.1) is 0 Å². The van der Waals surface area contributed by atoms with Crippen molar-refractivity contribution < 1.29 is 26.6 Å². The Morgan fingerprint density at radius 1 is 1.21 bits per heavy atom. The number of amides is 1. The van der Waals surface area contributed by atoms with E-state index in [1.54, 1.807) is 31.2 Å². The van der Waals surface area contributed by atoms with Gasteiger partial charge in [-0.2, -0.15) is 0 Å². The Labute approximate surface area is 141 Å². The van der Waals surface area contributed by atoms with E-state index in [0.29, 0.717) is 16.9 Å². The summed E-state index contributed by atoms with van der Waals surface area (Å²) in [5, 5.41) is 12.5. The normalized spacial score (nSPS) is 11.2. The number of nitrogens with one attached hydrogen (secondary N) is 1. The first kappa shape index (κ1) is 18.1. The molecule has 0 bridgehead atoms. The summed E-state index contributed by atoms with van der Waals surface area (Å²) >= 11 is -5.48. The predicted molar refractivity (Wildman–Crippen MR) is 89.6 cm³/mol. The molecule has 0 spiro atoms. The van der Waals surface area contributed by atoms with Gasteiger partial charge in [0.25, 0.3) is 0 Å². The van der Waals surface area contributed by atoms with E-state index < -0.39 is 20.1 Å². The number of anilines is 1. The van der Waals surface area contributed by atoms with Gasteiger partial charge in [0.2, 0.25) is 0 Å². The summed E-state index contributed by atoms with van der Waals surface area (Å²) in [6.07, 6.45) is 0. The predicted octanol–water partition coefficient (Wildman–Crippen LogP) is 0.896. The number of rotatable bonds is 4. The summed E-state index contributed by atoms with van der Waals surface area (Å²) in [5.41, 5.74) is 0.924. The molecule has 0 aliphatic heterocycles. The van der Waals surface area contributed by atoms with Gasteiger partial charge in [-0.25, -0.2) is 0 Å². The first-order valence-corrected chi connectivity index (χ1v) is 10.4. The Balaban J connectivity index is 2.80. The van der Waals surface area contributed by atoms with Crippen molar-refractivity contribution in [3.05, 3.63) is 35.9 Å². The standard InChI is InChI=1S/C16H18AsNO6/c1-9-8-13(11-4-6-12(24-3)7-5-11)14(17(21,22)23)15(16(9)20)18-10(2)19/h4-8,20H,1-3H3,(H,18,19)(H2,21,22,23).